The Hall–Kier alpha value is -1.75. The molecule has 0 aromatic heterocycles. The average molecular weight is 278 g/mol. The van der Waals surface area contributed by atoms with Crippen molar-refractivity contribution in [1.82, 2.24) is 10.6 Å². The van der Waals surface area contributed by atoms with Gasteiger partial charge < -0.3 is 20.5 Å². The molecule has 0 unspecified atom stereocenters. The van der Waals surface area contributed by atoms with Crippen molar-refractivity contribution >= 4 is 5.91 Å². The number of benzene rings is 1. The zero-order valence-corrected chi connectivity index (χ0v) is 11.8. The number of amides is 1. The lowest BCUT2D eigenvalue weighted by atomic mass is 10.2. The fourth-order valence-corrected chi connectivity index (χ4v) is 1.97. The summed E-state index contributed by atoms with van der Waals surface area (Å²) in [6.07, 6.45) is 2.05. The Balaban J connectivity index is 1.70. The number of phenolic OH excluding ortho intramolecular Hbond substituents is 1. The first-order valence-corrected chi connectivity index (χ1v) is 7.14. The van der Waals surface area contributed by atoms with Crippen LogP contribution in [0.3, 0.4) is 0 Å². The molecular weight excluding hydrogens is 256 g/mol. The van der Waals surface area contributed by atoms with Gasteiger partial charge in [-0.05, 0) is 25.8 Å². The molecule has 0 heterocycles. The van der Waals surface area contributed by atoms with Gasteiger partial charge in [0.05, 0.1) is 6.61 Å². The molecule has 0 radical (unpaired) electrons. The van der Waals surface area contributed by atoms with Gasteiger partial charge in [0.1, 0.15) is 0 Å². The Morgan fingerprint density at radius 1 is 1.40 bits per heavy atom. The SMILES string of the molecule is CCOc1cccc(CNCCNC(=O)C2CC2)c1O. The van der Waals surface area contributed by atoms with Crippen LogP contribution in [-0.2, 0) is 11.3 Å². The van der Waals surface area contributed by atoms with E-state index >= 15 is 0 Å². The molecule has 0 saturated heterocycles. The summed E-state index contributed by atoms with van der Waals surface area (Å²) in [4.78, 5) is 11.4. The number of nitrogens with one attached hydrogen (secondary N) is 2. The number of aromatic hydroxyl groups is 1. The second-order valence-corrected chi connectivity index (χ2v) is 4.94. The van der Waals surface area contributed by atoms with Crippen LogP contribution < -0.4 is 15.4 Å². The van der Waals surface area contributed by atoms with Crippen molar-refractivity contribution in [2.45, 2.75) is 26.3 Å². The highest BCUT2D eigenvalue weighted by Crippen LogP contribution is 2.29. The third-order valence-electron chi connectivity index (χ3n) is 3.25. The summed E-state index contributed by atoms with van der Waals surface area (Å²) >= 11 is 0. The topological polar surface area (TPSA) is 70.6 Å². The Labute approximate surface area is 119 Å². The van der Waals surface area contributed by atoms with Crippen LogP contribution in [0, 0.1) is 5.92 Å². The second kappa shape index (κ2) is 7.14. The first kappa shape index (κ1) is 14.7. The molecule has 1 aromatic carbocycles. The third-order valence-corrected chi connectivity index (χ3v) is 3.25. The predicted octanol–water partition coefficient (Wildman–Crippen LogP) is 1.41. The van der Waals surface area contributed by atoms with Gasteiger partial charge in [0.2, 0.25) is 5.91 Å². The summed E-state index contributed by atoms with van der Waals surface area (Å²) in [5.74, 6) is 1.10. The minimum Gasteiger partial charge on any atom is -0.504 e. The number of ether oxygens (including phenoxy) is 1. The molecule has 0 spiro atoms. The van der Waals surface area contributed by atoms with Crippen LogP contribution in [0.5, 0.6) is 11.5 Å². The van der Waals surface area contributed by atoms with Gasteiger partial charge in [0, 0.05) is 31.1 Å². The molecule has 110 valence electrons. The molecule has 5 nitrogen and oxygen atoms in total. The van der Waals surface area contributed by atoms with E-state index in [1.54, 1.807) is 6.07 Å². The molecule has 0 bridgehead atoms. The molecule has 20 heavy (non-hydrogen) atoms. The Bertz CT molecular complexity index is 458. The fourth-order valence-electron chi connectivity index (χ4n) is 1.97. The molecule has 3 N–H and O–H groups in total. The standard InChI is InChI=1S/C15H22N2O3/c1-2-20-13-5-3-4-12(14(13)18)10-16-8-9-17-15(19)11-6-7-11/h3-5,11,16,18H,2,6-10H2,1H3,(H,17,19). The third kappa shape index (κ3) is 4.13. The molecule has 1 aliphatic carbocycles. The first-order chi connectivity index (χ1) is 9.72. The number of hydrogen-bond donors (Lipinski definition) is 3. The van der Waals surface area contributed by atoms with Crippen molar-refractivity contribution in [2.75, 3.05) is 19.7 Å². The van der Waals surface area contributed by atoms with E-state index in [4.69, 9.17) is 4.74 Å². The zero-order chi connectivity index (χ0) is 14.4. The van der Waals surface area contributed by atoms with Crippen LogP contribution in [-0.4, -0.2) is 30.7 Å². The average Bonchev–Trinajstić information content (AvgIpc) is 3.27. The van der Waals surface area contributed by atoms with Crippen LogP contribution in [0.25, 0.3) is 0 Å². The number of phenols is 1. The van der Waals surface area contributed by atoms with Crippen LogP contribution in [0.1, 0.15) is 25.3 Å². The van der Waals surface area contributed by atoms with Gasteiger partial charge in [-0.1, -0.05) is 12.1 Å². The second-order valence-electron chi connectivity index (χ2n) is 4.94. The van der Waals surface area contributed by atoms with E-state index in [-0.39, 0.29) is 17.6 Å². The molecule has 1 fully saturated rings. The maximum Gasteiger partial charge on any atom is 0.223 e. The summed E-state index contributed by atoms with van der Waals surface area (Å²) in [6.45, 7) is 4.24. The molecule has 1 amide bonds. The molecule has 5 heteroatoms. The fraction of sp³-hybridized carbons (Fsp3) is 0.533. The maximum absolute atomic E-state index is 11.4. The Kier molecular flexibility index (Phi) is 5.24. The molecule has 0 aliphatic heterocycles. The van der Waals surface area contributed by atoms with Crippen molar-refractivity contribution in [3.8, 4) is 11.5 Å². The summed E-state index contributed by atoms with van der Waals surface area (Å²) < 4.78 is 5.33. The van der Waals surface area contributed by atoms with E-state index in [0.717, 1.165) is 18.4 Å². The number of carbonyl (C=O) groups is 1. The van der Waals surface area contributed by atoms with E-state index in [2.05, 4.69) is 10.6 Å². The molecule has 1 aromatic rings. The van der Waals surface area contributed by atoms with Crippen LogP contribution in [0.2, 0.25) is 0 Å². The van der Waals surface area contributed by atoms with Gasteiger partial charge in [0.25, 0.3) is 0 Å². The summed E-state index contributed by atoms with van der Waals surface area (Å²) in [5, 5.41) is 16.1. The number of rotatable bonds is 8. The lowest BCUT2D eigenvalue weighted by Gasteiger charge is -2.11. The minimum absolute atomic E-state index is 0.160. The molecule has 2 rings (SSSR count). The van der Waals surface area contributed by atoms with Crippen LogP contribution >= 0.6 is 0 Å². The monoisotopic (exact) mass is 278 g/mol. The largest absolute Gasteiger partial charge is 0.504 e. The Morgan fingerprint density at radius 3 is 2.90 bits per heavy atom. The smallest absolute Gasteiger partial charge is 0.223 e. The normalized spacial score (nSPS) is 14.1. The summed E-state index contributed by atoms with van der Waals surface area (Å²) in [5.41, 5.74) is 0.796. The Morgan fingerprint density at radius 2 is 2.20 bits per heavy atom. The van der Waals surface area contributed by atoms with Crippen molar-refractivity contribution in [1.29, 1.82) is 0 Å². The van der Waals surface area contributed by atoms with Crippen molar-refractivity contribution in [3.63, 3.8) is 0 Å². The van der Waals surface area contributed by atoms with Crippen LogP contribution in [0.15, 0.2) is 18.2 Å². The first-order valence-electron chi connectivity index (χ1n) is 7.14. The van der Waals surface area contributed by atoms with Crippen LogP contribution in [0.4, 0.5) is 0 Å². The lowest BCUT2D eigenvalue weighted by Crippen LogP contribution is -2.32. The highest BCUT2D eigenvalue weighted by atomic mass is 16.5. The highest BCUT2D eigenvalue weighted by Gasteiger charge is 2.28. The highest BCUT2D eigenvalue weighted by molar-refractivity contribution is 5.80. The number of hydrogen-bond acceptors (Lipinski definition) is 4. The maximum atomic E-state index is 11.4. The van der Waals surface area contributed by atoms with Gasteiger partial charge in [-0.25, -0.2) is 0 Å². The van der Waals surface area contributed by atoms with Crippen molar-refractivity contribution in [3.05, 3.63) is 23.8 Å². The summed E-state index contributed by atoms with van der Waals surface area (Å²) in [6, 6.07) is 5.46. The van der Waals surface area contributed by atoms with Gasteiger partial charge in [-0.15, -0.1) is 0 Å². The predicted molar refractivity (Wildman–Crippen MR) is 76.7 cm³/mol. The number of para-hydroxylation sites is 1. The van der Waals surface area contributed by atoms with Crippen molar-refractivity contribution < 1.29 is 14.6 Å². The van der Waals surface area contributed by atoms with Gasteiger partial charge in [-0.3, -0.25) is 4.79 Å². The van der Waals surface area contributed by atoms with Gasteiger partial charge in [0.15, 0.2) is 11.5 Å². The zero-order valence-electron chi connectivity index (χ0n) is 11.8. The van der Waals surface area contributed by atoms with E-state index < -0.39 is 0 Å². The van der Waals surface area contributed by atoms with E-state index in [9.17, 15) is 9.90 Å². The van der Waals surface area contributed by atoms with Crippen molar-refractivity contribution in [2.24, 2.45) is 5.92 Å². The molecule has 0 atom stereocenters. The molecule has 1 saturated carbocycles. The van der Waals surface area contributed by atoms with Gasteiger partial charge in [-0.2, -0.15) is 0 Å². The lowest BCUT2D eigenvalue weighted by molar-refractivity contribution is -0.122. The molecule has 1 aliphatic rings. The molecular formula is C15H22N2O3. The minimum atomic E-state index is 0.160. The summed E-state index contributed by atoms with van der Waals surface area (Å²) in [7, 11) is 0. The quantitative estimate of drug-likeness (QED) is 0.629. The van der Waals surface area contributed by atoms with Gasteiger partial charge >= 0.3 is 0 Å². The number of carbonyl (C=O) groups excluding carboxylic acids is 1. The van der Waals surface area contributed by atoms with E-state index in [1.807, 2.05) is 19.1 Å². The van der Waals surface area contributed by atoms with E-state index in [1.165, 1.54) is 0 Å². The van der Waals surface area contributed by atoms with E-state index in [0.29, 0.717) is 32.0 Å².